The molecule has 0 aliphatic rings. The summed E-state index contributed by atoms with van der Waals surface area (Å²) in [5.41, 5.74) is 1.31. The van der Waals surface area contributed by atoms with Crippen LogP contribution in [0.3, 0.4) is 0 Å². The normalized spacial score (nSPS) is 8.92. The van der Waals surface area contributed by atoms with Crippen LogP contribution in [0.5, 0.6) is 0 Å². The zero-order valence-corrected chi connectivity index (χ0v) is 8.66. The van der Waals surface area contributed by atoms with Crippen molar-refractivity contribution in [2.24, 2.45) is 0 Å². The zero-order chi connectivity index (χ0) is 8.97. The molecule has 0 radical (unpaired) electrons. The van der Waals surface area contributed by atoms with Crippen LogP contribution in [0, 0.1) is 26.2 Å². The van der Waals surface area contributed by atoms with Crippen molar-refractivity contribution in [2.75, 3.05) is 4.93 Å². The first-order chi connectivity index (χ1) is 5.83. The van der Waals surface area contributed by atoms with Crippen LogP contribution in [0.1, 0.15) is 11.1 Å². The number of alkyl halides is 1. The second kappa shape index (κ2) is 4.08. The van der Waals surface area contributed by atoms with Gasteiger partial charge in [0.15, 0.2) is 0 Å². The molecule has 60 valence electrons. The third kappa shape index (κ3) is 1.57. The molecule has 3 heteroatoms. The third-order valence-electron chi connectivity index (χ3n) is 1.43. The van der Waals surface area contributed by atoms with Crippen LogP contribution in [-0.2, 0) is 0 Å². The Morgan fingerprint density at radius 1 is 1.17 bits per heavy atom. The van der Waals surface area contributed by atoms with Crippen molar-refractivity contribution in [1.82, 2.24) is 0 Å². The van der Waals surface area contributed by atoms with Gasteiger partial charge in [0.2, 0.25) is 0 Å². The van der Waals surface area contributed by atoms with Gasteiger partial charge in [-0.05, 0) is 0 Å². The van der Waals surface area contributed by atoms with Crippen LogP contribution in [0.25, 0.3) is 0 Å². The van der Waals surface area contributed by atoms with E-state index < -0.39 is 0 Å². The van der Waals surface area contributed by atoms with Gasteiger partial charge in [0.05, 0.1) is 0 Å². The number of hydrogen-bond donors (Lipinski definition) is 0. The van der Waals surface area contributed by atoms with Gasteiger partial charge in [-0.15, -0.1) is 0 Å². The predicted octanol–water partition coefficient (Wildman–Crippen LogP) is -1.68. The topological polar surface area (TPSA) is 47.6 Å². The molecule has 0 unspecified atom stereocenters. The van der Waals surface area contributed by atoms with Gasteiger partial charge in [-0.3, -0.25) is 0 Å². The molecular weight excluding hydrogens is 263 g/mol. The maximum absolute atomic E-state index is 8.73. The van der Waals surface area contributed by atoms with Crippen molar-refractivity contribution < 1.29 is 21.2 Å². The van der Waals surface area contributed by atoms with E-state index >= 15 is 0 Å². The Hall–Kier alpha value is -1.07. The number of nitriles is 2. The van der Waals surface area contributed by atoms with Gasteiger partial charge in [0, 0.05) is 0 Å². The molecule has 0 aliphatic heterocycles. The van der Waals surface area contributed by atoms with Gasteiger partial charge in [0.1, 0.15) is 0 Å². The molecule has 0 aromatic heterocycles. The SMILES string of the molecule is C[I-]c1c(C#N)cccc1C#N. The summed E-state index contributed by atoms with van der Waals surface area (Å²) in [7, 11) is 0. The summed E-state index contributed by atoms with van der Waals surface area (Å²) in [5, 5.41) is 17.5. The Labute approximate surface area is 81.7 Å². The van der Waals surface area contributed by atoms with Gasteiger partial charge in [-0.1, -0.05) is 0 Å². The van der Waals surface area contributed by atoms with E-state index in [1.165, 1.54) is 0 Å². The monoisotopic (exact) mass is 269 g/mol. The molecular formula is C9H6IN2-. The number of benzene rings is 1. The molecule has 0 saturated heterocycles. The Bertz CT molecular complexity index is 339. The van der Waals surface area contributed by atoms with Gasteiger partial charge in [-0.2, -0.15) is 0 Å². The van der Waals surface area contributed by atoms with Crippen molar-refractivity contribution in [3.8, 4) is 12.1 Å². The van der Waals surface area contributed by atoms with Crippen LogP contribution >= 0.6 is 0 Å². The van der Waals surface area contributed by atoms with Crippen molar-refractivity contribution in [3.05, 3.63) is 32.9 Å². The number of nitrogens with zero attached hydrogens (tertiary/aromatic N) is 2. The van der Waals surface area contributed by atoms with E-state index in [0.717, 1.165) is 3.57 Å². The minimum absolute atomic E-state index is 0.192. The van der Waals surface area contributed by atoms with E-state index in [2.05, 4.69) is 17.1 Å². The average Bonchev–Trinajstić information content (AvgIpc) is 2.16. The second-order valence-corrected chi connectivity index (χ2v) is 4.24. The molecule has 1 aromatic rings. The van der Waals surface area contributed by atoms with E-state index in [4.69, 9.17) is 10.5 Å². The summed E-state index contributed by atoms with van der Waals surface area (Å²) in [5.74, 6) is 0. The van der Waals surface area contributed by atoms with Crippen LogP contribution in [0.15, 0.2) is 18.2 Å². The summed E-state index contributed by atoms with van der Waals surface area (Å²) in [6, 6.07) is 9.47. The molecule has 0 aliphatic carbocycles. The summed E-state index contributed by atoms with van der Waals surface area (Å²) in [6.45, 7) is 0. The van der Waals surface area contributed by atoms with Gasteiger partial charge >= 0.3 is 81.7 Å². The van der Waals surface area contributed by atoms with Gasteiger partial charge in [-0.25, -0.2) is 0 Å². The molecule has 0 heterocycles. The molecule has 0 bridgehead atoms. The summed E-state index contributed by atoms with van der Waals surface area (Å²) < 4.78 is 0.960. The van der Waals surface area contributed by atoms with Crippen molar-refractivity contribution >= 4 is 0 Å². The average molecular weight is 269 g/mol. The molecule has 12 heavy (non-hydrogen) atoms. The second-order valence-electron chi connectivity index (χ2n) is 2.08. The van der Waals surface area contributed by atoms with Crippen molar-refractivity contribution in [1.29, 1.82) is 10.5 Å². The van der Waals surface area contributed by atoms with Crippen LogP contribution < -0.4 is 21.2 Å². The molecule has 0 fully saturated rings. The van der Waals surface area contributed by atoms with Crippen LogP contribution in [0.4, 0.5) is 0 Å². The van der Waals surface area contributed by atoms with E-state index in [-0.39, 0.29) is 21.2 Å². The van der Waals surface area contributed by atoms with E-state index in [0.29, 0.717) is 11.1 Å². The van der Waals surface area contributed by atoms with Gasteiger partial charge in [0.25, 0.3) is 0 Å². The Kier molecular flexibility index (Phi) is 3.07. The van der Waals surface area contributed by atoms with E-state index in [9.17, 15) is 0 Å². The first kappa shape index (κ1) is 9.02. The molecule has 1 aromatic carbocycles. The fourth-order valence-electron chi connectivity index (χ4n) is 0.908. The Balaban J connectivity index is 3.37. The molecule has 0 spiro atoms. The first-order valence-corrected chi connectivity index (χ1v) is 6.49. The maximum atomic E-state index is 8.73. The quantitative estimate of drug-likeness (QED) is 0.451. The predicted molar refractivity (Wildman–Crippen MR) is 40.5 cm³/mol. The van der Waals surface area contributed by atoms with Gasteiger partial charge < -0.3 is 0 Å². The number of hydrogen-bond acceptors (Lipinski definition) is 2. The van der Waals surface area contributed by atoms with E-state index in [1.807, 2.05) is 0 Å². The summed E-state index contributed by atoms with van der Waals surface area (Å²) >= 11 is -0.192. The molecule has 1 rings (SSSR count). The standard InChI is InChI=1S/C9H6IN2/c1-10-9-7(5-11)3-2-4-8(9)6-12/h2-4H,1H3/q-1. The molecule has 0 atom stereocenters. The fourth-order valence-corrected chi connectivity index (χ4v) is 2.67. The zero-order valence-electron chi connectivity index (χ0n) is 6.50. The summed E-state index contributed by atoms with van der Waals surface area (Å²) in [6.07, 6.45) is 0. The van der Waals surface area contributed by atoms with Crippen molar-refractivity contribution in [2.45, 2.75) is 0 Å². The molecule has 0 amide bonds. The fraction of sp³-hybridized carbons (Fsp3) is 0.111. The third-order valence-corrected chi connectivity index (χ3v) is 3.67. The molecule has 0 saturated carbocycles. The number of halogens is 1. The van der Waals surface area contributed by atoms with Crippen molar-refractivity contribution in [3.63, 3.8) is 0 Å². The number of rotatable bonds is 1. The van der Waals surface area contributed by atoms with E-state index in [1.54, 1.807) is 18.2 Å². The Morgan fingerprint density at radius 3 is 2.00 bits per heavy atom. The first-order valence-electron chi connectivity index (χ1n) is 3.26. The minimum atomic E-state index is -0.192. The molecule has 0 N–H and O–H groups in total. The van der Waals surface area contributed by atoms with Crippen LogP contribution in [-0.4, -0.2) is 4.93 Å². The molecule has 2 nitrogen and oxygen atoms in total. The van der Waals surface area contributed by atoms with Crippen LogP contribution in [0.2, 0.25) is 0 Å². The summed E-state index contributed by atoms with van der Waals surface area (Å²) in [4.78, 5) is 2.05. The Morgan fingerprint density at radius 2 is 1.67 bits per heavy atom.